The topological polar surface area (TPSA) is 58.6 Å². The maximum atomic E-state index is 11.8. The number of carbonyl (C=O) groups excluding carboxylic acids is 1. The smallest absolute Gasteiger partial charge is 0.258 e. The Labute approximate surface area is 120 Å². The Bertz CT molecular complexity index is 493. The number of hydrogen-bond donors (Lipinski definition) is 2. The van der Waals surface area contributed by atoms with Crippen LogP contribution in [0.3, 0.4) is 0 Å². The second-order valence-electron chi connectivity index (χ2n) is 5.31. The van der Waals surface area contributed by atoms with Gasteiger partial charge in [-0.1, -0.05) is 22.0 Å². The average molecular weight is 326 g/mol. The zero-order valence-corrected chi connectivity index (χ0v) is 12.0. The van der Waals surface area contributed by atoms with Crippen LogP contribution in [-0.2, 0) is 4.79 Å². The molecule has 2 aliphatic carbocycles. The lowest BCUT2D eigenvalue weighted by Crippen LogP contribution is -2.43. The van der Waals surface area contributed by atoms with Crippen molar-refractivity contribution in [1.29, 1.82) is 0 Å². The summed E-state index contributed by atoms with van der Waals surface area (Å²) in [5.74, 6) is 1.51. The zero-order valence-electron chi connectivity index (χ0n) is 10.4. The number of rotatable bonds is 4. The lowest BCUT2D eigenvalue weighted by molar-refractivity contribution is -0.124. The molecule has 102 valence electrons. The highest BCUT2D eigenvalue weighted by atomic mass is 79.9. The molecule has 4 atom stereocenters. The summed E-state index contributed by atoms with van der Waals surface area (Å²) in [5, 5.41) is 12.8. The summed E-state index contributed by atoms with van der Waals surface area (Å²) < 4.78 is 6.32. The SMILES string of the molecule is O=C(COc1cccc(Br)c1)N[C@@H]1C[C@@H]2C[C@@H]2[C@@H]1O. The summed E-state index contributed by atoms with van der Waals surface area (Å²) in [6, 6.07) is 7.27. The first kappa shape index (κ1) is 12.9. The third kappa shape index (κ3) is 2.92. The fraction of sp³-hybridized carbons (Fsp3) is 0.500. The first-order valence-corrected chi connectivity index (χ1v) is 7.28. The van der Waals surface area contributed by atoms with E-state index in [0.29, 0.717) is 17.6 Å². The molecule has 5 heteroatoms. The molecule has 0 bridgehead atoms. The van der Waals surface area contributed by atoms with Crippen molar-refractivity contribution in [2.75, 3.05) is 6.61 Å². The van der Waals surface area contributed by atoms with Crippen LogP contribution >= 0.6 is 15.9 Å². The number of ether oxygens (including phenoxy) is 1. The van der Waals surface area contributed by atoms with Gasteiger partial charge in [-0.25, -0.2) is 0 Å². The second-order valence-corrected chi connectivity index (χ2v) is 6.22. The largest absolute Gasteiger partial charge is 0.484 e. The molecule has 0 saturated heterocycles. The molecule has 2 fully saturated rings. The van der Waals surface area contributed by atoms with Crippen molar-refractivity contribution in [1.82, 2.24) is 5.32 Å². The summed E-state index contributed by atoms with van der Waals surface area (Å²) in [7, 11) is 0. The minimum Gasteiger partial charge on any atom is -0.484 e. The standard InChI is InChI=1S/C14H16BrNO3/c15-9-2-1-3-10(6-9)19-7-13(17)16-12-5-8-4-11(8)14(12)18/h1-3,6,8,11-12,14,18H,4-5,7H2,(H,16,17)/t8-,11-,12+,14-/m0/s1. The normalized spacial score (nSPS) is 31.7. The summed E-state index contributed by atoms with van der Waals surface area (Å²) in [4.78, 5) is 11.8. The third-order valence-corrected chi connectivity index (χ3v) is 4.39. The molecule has 2 N–H and O–H groups in total. The Morgan fingerprint density at radius 1 is 1.47 bits per heavy atom. The van der Waals surface area contributed by atoms with Gasteiger partial charge in [-0.2, -0.15) is 0 Å². The van der Waals surface area contributed by atoms with E-state index in [-0.39, 0.29) is 24.7 Å². The van der Waals surface area contributed by atoms with Crippen molar-refractivity contribution in [3.05, 3.63) is 28.7 Å². The summed E-state index contributed by atoms with van der Waals surface area (Å²) in [6.45, 7) is -0.0188. The van der Waals surface area contributed by atoms with Crippen LogP contribution in [0.4, 0.5) is 0 Å². The van der Waals surface area contributed by atoms with Crippen molar-refractivity contribution in [2.45, 2.75) is 25.0 Å². The number of carbonyl (C=O) groups is 1. The number of benzene rings is 1. The van der Waals surface area contributed by atoms with Gasteiger partial charge in [0, 0.05) is 4.47 Å². The van der Waals surface area contributed by atoms with E-state index in [0.717, 1.165) is 17.3 Å². The predicted octanol–water partition coefficient (Wildman–Crippen LogP) is 1.71. The van der Waals surface area contributed by atoms with Crippen LogP contribution in [0.1, 0.15) is 12.8 Å². The minimum absolute atomic E-state index is 0.0188. The van der Waals surface area contributed by atoms with Crippen LogP contribution < -0.4 is 10.1 Å². The van der Waals surface area contributed by atoms with Crippen LogP contribution in [0.2, 0.25) is 0 Å². The minimum atomic E-state index is -0.375. The monoisotopic (exact) mass is 325 g/mol. The molecule has 3 rings (SSSR count). The number of fused-ring (bicyclic) bond motifs is 1. The van der Waals surface area contributed by atoms with Crippen LogP contribution in [-0.4, -0.2) is 29.8 Å². The Hall–Kier alpha value is -1.07. The van der Waals surface area contributed by atoms with Crippen LogP contribution in [0.25, 0.3) is 0 Å². The number of aliphatic hydroxyl groups is 1. The molecule has 0 radical (unpaired) electrons. The Morgan fingerprint density at radius 2 is 2.32 bits per heavy atom. The van der Waals surface area contributed by atoms with Gasteiger partial charge in [-0.15, -0.1) is 0 Å². The maximum absolute atomic E-state index is 11.8. The van der Waals surface area contributed by atoms with E-state index in [1.54, 1.807) is 6.07 Å². The summed E-state index contributed by atoms with van der Waals surface area (Å²) >= 11 is 3.35. The lowest BCUT2D eigenvalue weighted by Gasteiger charge is -2.19. The van der Waals surface area contributed by atoms with Gasteiger partial charge in [0.2, 0.25) is 0 Å². The highest BCUT2D eigenvalue weighted by molar-refractivity contribution is 9.10. The highest BCUT2D eigenvalue weighted by Gasteiger charge is 2.53. The lowest BCUT2D eigenvalue weighted by atomic mass is 10.1. The van der Waals surface area contributed by atoms with Gasteiger partial charge in [0.15, 0.2) is 6.61 Å². The molecule has 2 saturated carbocycles. The third-order valence-electron chi connectivity index (χ3n) is 3.90. The Kier molecular flexibility index (Phi) is 3.50. The molecule has 0 spiro atoms. The number of nitrogens with one attached hydrogen (secondary N) is 1. The number of aliphatic hydroxyl groups excluding tert-OH is 1. The van der Waals surface area contributed by atoms with Gasteiger partial charge in [0.1, 0.15) is 5.75 Å². The van der Waals surface area contributed by atoms with E-state index < -0.39 is 0 Å². The Morgan fingerprint density at radius 3 is 3.00 bits per heavy atom. The molecule has 0 heterocycles. The van der Waals surface area contributed by atoms with E-state index >= 15 is 0 Å². The van der Waals surface area contributed by atoms with E-state index in [1.165, 1.54) is 0 Å². The maximum Gasteiger partial charge on any atom is 0.258 e. The molecular formula is C14H16BrNO3. The van der Waals surface area contributed by atoms with Gasteiger partial charge in [-0.3, -0.25) is 4.79 Å². The van der Waals surface area contributed by atoms with Crippen LogP contribution in [0, 0.1) is 11.8 Å². The van der Waals surface area contributed by atoms with E-state index in [1.807, 2.05) is 18.2 Å². The van der Waals surface area contributed by atoms with Crippen molar-refractivity contribution in [2.24, 2.45) is 11.8 Å². The highest BCUT2D eigenvalue weighted by Crippen LogP contribution is 2.51. The number of amides is 1. The van der Waals surface area contributed by atoms with Gasteiger partial charge < -0.3 is 15.2 Å². The first-order chi connectivity index (χ1) is 9.13. The van der Waals surface area contributed by atoms with E-state index in [4.69, 9.17) is 4.74 Å². The van der Waals surface area contributed by atoms with E-state index in [2.05, 4.69) is 21.2 Å². The Balaban J connectivity index is 1.46. The van der Waals surface area contributed by atoms with Gasteiger partial charge in [0.05, 0.1) is 12.1 Å². The average Bonchev–Trinajstić information content (AvgIpc) is 3.08. The van der Waals surface area contributed by atoms with Gasteiger partial charge >= 0.3 is 0 Å². The van der Waals surface area contributed by atoms with Crippen molar-refractivity contribution >= 4 is 21.8 Å². The van der Waals surface area contributed by atoms with Crippen LogP contribution in [0.15, 0.2) is 28.7 Å². The number of halogens is 1. The van der Waals surface area contributed by atoms with Gasteiger partial charge in [-0.05, 0) is 42.9 Å². The van der Waals surface area contributed by atoms with Crippen molar-refractivity contribution < 1.29 is 14.6 Å². The molecule has 1 aromatic rings. The predicted molar refractivity (Wildman–Crippen MR) is 73.8 cm³/mol. The first-order valence-electron chi connectivity index (χ1n) is 6.49. The molecule has 0 aromatic heterocycles. The van der Waals surface area contributed by atoms with E-state index in [9.17, 15) is 9.90 Å². The molecule has 0 unspecified atom stereocenters. The summed E-state index contributed by atoms with van der Waals surface area (Å²) in [5.41, 5.74) is 0. The second kappa shape index (κ2) is 5.13. The van der Waals surface area contributed by atoms with Crippen molar-refractivity contribution in [3.63, 3.8) is 0 Å². The summed E-state index contributed by atoms with van der Waals surface area (Å²) in [6.07, 6.45) is 1.64. The van der Waals surface area contributed by atoms with Crippen molar-refractivity contribution in [3.8, 4) is 5.75 Å². The zero-order chi connectivity index (χ0) is 13.4. The molecule has 4 nitrogen and oxygen atoms in total. The molecular weight excluding hydrogens is 310 g/mol. The van der Waals surface area contributed by atoms with Gasteiger partial charge in [0.25, 0.3) is 5.91 Å². The quantitative estimate of drug-likeness (QED) is 0.886. The molecule has 0 aliphatic heterocycles. The number of hydrogen-bond acceptors (Lipinski definition) is 3. The fourth-order valence-corrected chi connectivity index (χ4v) is 3.20. The molecule has 1 amide bonds. The fourth-order valence-electron chi connectivity index (χ4n) is 2.82. The van der Waals surface area contributed by atoms with Crippen LogP contribution in [0.5, 0.6) is 5.75 Å². The molecule has 1 aromatic carbocycles. The molecule has 2 aliphatic rings. The molecule has 19 heavy (non-hydrogen) atoms.